The zero-order valence-electron chi connectivity index (χ0n) is 9.52. The van der Waals surface area contributed by atoms with E-state index in [9.17, 15) is 0 Å². The van der Waals surface area contributed by atoms with Gasteiger partial charge >= 0.3 is 0 Å². The maximum atomic E-state index is 5.30. The molecule has 3 N–H and O–H groups in total. The van der Waals surface area contributed by atoms with E-state index in [1.54, 1.807) is 10.7 Å². The Kier molecular flexibility index (Phi) is 2.57. The molecule has 6 nitrogen and oxygen atoms in total. The van der Waals surface area contributed by atoms with Crippen molar-refractivity contribution < 1.29 is 0 Å². The molecular formula is C10H14N6. The molecule has 2 rings (SSSR count). The van der Waals surface area contributed by atoms with Gasteiger partial charge in [-0.25, -0.2) is 20.5 Å². The van der Waals surface area contributed by atoms with E-state index in [-0.39, 0.29) is 0 Å². The van der Waals surface area contributed by atoms with Crippen LogP contribution in [0.15, 0.2) is 12.4 Å². The molecule has 0 aliphatic rings. The number of nitrogens with one attached hydrogen (secondary N) is 1. The van der Waals surface area contributed by atoms with Gasteiger partial charge in [0.2, 0.25) is 0 Å². The van der Waals surface area contributed by atoms with Gasteiger partial charge in [-0.3, -0.25) is 0 Å². The van der Waals surface area contributed by atoms with Crippen LogP contribution in [-0.4, -0.2) is 19.7 Å². The van der Waals surface area contributed by atoms with Crippen LogP contribution in [-0.2, 0) is 0 Å². The average Bonchev–Trinajstić information content (AvgIpc) is 2.57. The molecule has 0 amide bonds. The number of hydrazine groups is 1. The van der Waals surface area contributed by atoms with E-state index in [2.05, 4.69) is 20.5 Å². The van der Waals surface area contributed by atoms with Gasteiger partial charge in [-0.15, -0.1) is 0 Å². The third kappa shape index (κ3) is 1.63. The van der Waals surface area contributed by atoms with Gasteiger partial charge in [0.15, 0.2) is 5.82 Å². The fraction of sp³-hybridized carbons (Fsp3) is 0.300. The number of aromatic nitrogens is 4. The van der Waals surface area contributed by atoms with Crippen molar-refractivity contribution >= 4 is 5.82 Å². The van der Waals surface area contributed by atoms with Crippen molar-refractivity contribution in [2.75, 3.05) is 5.43 Å². The second-order valence-electron chi connectivity index (χ2n) is 3.61. The summed E-state index contributed by atoms with van der Waals surface area (Å²) in [5.41, 5.74) is 5.72. The summed E-state index contributed by atoms with van der Waals surface area (Å²) in [5.74, 6) is 6.57. The number of hydrogen-bond donors (Lipinski definition) is 2. The lowest BCUT2D eigenvalue weighted by Crippen LogP contribution is -2.10. The van der Waals surface area contributed by atoms with Crippen LogP contribution >= 0.6 is 0 Å². The van der Waals surface area contributed by atoms with Gasteiger partial charge in [-0.2, -0.15) is 5.10 Å². The van der Waals surface area contributed by atoms with Crippen LogP contribution in [0.2, 0.25) is 0 Å². The van der Waals surface area contributed by atoms with Crippen LogP contribution in [0.5, 0.6) is 0 Å². The number of hydrogen-bond acceptors (Lipinski definition) is 5. The molecule has 6 heteroatoms. The number of nitrogen functional groups attached to an aromatic ring is 1. The Bertz CT molecular complexity index is 516. The highest BCUT2D eigenvalue weighted by molar-refractivity contribution is 5.40. The van der Waals surface area contributed by atoms with Crippen molar-refractivity contribution in [1.82, 2.24) is 19.7 Å². The number of rotatable bonds is 2. The van der Waals surface area contributed by atoms with Crippen LogP contribution in [0.4, 0.5) is 5.82 Å². The Labute approximate surface area is 93.5 Å². The number of nitrogens with two attached hydrogens (primary N) is 1. The van der Waals surface area contributed by atoms with Gasteiger partial charge in [0, 0.05) is 11.8 Å². The van der Waals surface area contributed by atoms with Crippen molar-refractivity contribution in [1.29, 1.82) is 0 Å². The SMILES string of the molecule is Cc1nn(-c2cc(NN)ncn2)c(C)c1C. The Hall–Kier alpha value is -1.95. The fourth-order valence-electron chi connectivity index (χ4n) is 1.49. The summed E-state index contributed by atoms with van der Waals surface area (Å²) < 4.78 is 1.78. The van der Waals surface area contributed by atoms with Crippen molar-refractivity contribution in [3.05, 3.63) is 29.3 Å². The maximum absolute atomic E-state index is 5.30. The predicted octanol–water partition coefficient (Wildman–Crippen LogP) is 0.873. The molecule has 2 heterocycles. The van der Waals surface area contributed by atoms with E-state index in [0.717, 1.165) is 11.4 Å². The molecule has 0 fully saturated rings. The zero-order chi connectivity index (χ0) is 11.7. The van der Waals surface area contributed by atoms with E-state index in [1.807, 2.05) is 20.8 Å². The summed E-state index contributed by atoms with van der Waals surface area (Å²) in [4.78, 5) is 8.12. The van der Waals surface area contributed by atoms with Gasteiger partial charge in [-0.1, -0.05) is 0 Å². The van der Waals surface area contributed by atoms with Crippen LogP contribution < -0.4 is 11.3 Å². The molecule has 0 atom stereocenters. The van der Waals surface area contributed by atoms with E-state index < -0.39 is 0 Å². The molecule has 0 radical (unpaired) electrons. The van der Waals surface area contributed by atoms with Crippen molar-refractivity contribution in [3.8, 4) is 5.82 Å². The Morgan fingerprint density at radius 1 is 1.25 bits per heavy atom. The molecule has 0 bridgehead atoms. The first kappa shape index (κ1) is 10.6. The first-order valence-electron chi connectivity index (χ1n) is 4.95. The first-order valence-corrected chi connectivity index (χ1v) is 4.95. The smallest absolute Gasteiger partial charge is 0.159 e. The molecule has 0 aliphatic heterocycles. The van der Waals surface area contributed by atoms with Crippen molar-refractivity contribution in [2.24, 2.45) is 5.84 Å². The summed E-state index contributed by atoms with van der Waals surface area (Å²) >= 11 is 0. The molecule has 2 aromatic rings. The Morgan fingerprint density at radius 3 is 2.56 bits per heavy atom. The van der Waals surface area contributed by atoms with Crippen LogP contribution in [0.3, 0.4) is 0 Å². The second-order valence-corrected chi connectivity index (χ2v) is 3.61. The van der Waals surface area contributed by atoms with Crippen LogP contribution in [0.25, 0.3) is 5.82 Å². The summed E-state index contributed by atoms with van der Waals surface area (Å²) in [7, 11) is 0. The summed E-state index contributed by atoms with van der Waals surface area (Å²) in [6, 6.07) is 1.75. The third-order valence-electron chi connectivity index (χ3n) is 2.67. The highest BCUT2D eigenvalue weighted by Crippen LogP contribution is 2.16. The lowest BCUT2D eigenvalue weighted by molar-refractivity contribution is 0.800. The molecule has 0 unspecified atom stereocenters. The minimum absolute atomic E-state index is 0.565. The number of nitrogens with zero attached hydrogens (tertiary/aromatic N) is 4. The maximum Gasteiger partial charge on any atom is 0.159 e. The van der Waals surface area contributed by atoms with E-state index in [0.29, 0.717) is 11.6 Å². The standard InChI is InChI=1S/C10H14N6/c1-6-7(2)15-16(8(6)3)10-4-9(14-11)12-5-13-10/h4-5H,11H2,1-3H3,(H,12,13,14). The van der Waals surface area contributed by atoms with Crippen LogP contribution in [0.1, 0.15) is 17.0 Å². The summed E-state index contributed by atoms with van der Waals surface area (Å²) in [5, 5.41) is 4.41. The summed E-state index contributed by atoms with van der Waals surface area (Å²) in [6.45, 7) is 6.02. The monoisotopic (exact) mass is 218 g/mol. The van der Waals surface area contributed by atoms with Gasteiger partial charge in [0.1, 0.15) is 12.1 Å². The number of anilines is 1. The lowest BCUT2D eigenvalue weighted by Gasteiger charge is -2.04. The van der Waals surface area contributed by atoms with Gasteiger partial charge in [0.25, 0.3) is 0 Å². The lowest BCUT2D eigenvalue weighted by atomic mass is 10.2. The molecule has 2 aromatic heterocycles. The Morgan fingerprint density at radius 2 is 2.00 bits per heavy atom. The fourth-order valence-corrected chi connectivity index (χ4v) is 1.49. The quantitative estimate of drug-likeness (QED) is 0.577. The van der Waals surface area contributed by atoms with Gasteiger partial charge in [-0.05, 0) is 26.3 Å². The van der Waals surface area contributed by atoms with E-state index >= 15 is 0 Å². The average molecular weight is 218 g/mol. The van der Waals surface area contributed by atoms with E-state index in [4.69, 9.17) is 5.84 Å². The summed E-state index contributed by atoms with van der Waals surface area (Å²) in [6.07, 6.45) is 1.45. The topological polar surface area (TPSA) is 81.7 Å². The van der Waals surface area contributed by atoms with Crippen molar-refractivity contribution in [2.45, 2.75) is 20.8 Å². The molecule has 0 spiro atoms. The largest absolute Gasteiger partial charge is 0.308 e. The molecular weight excluding hydrogens is 204 g/mol. The normalized spacial score (nSPS) is 10.5. The van der Waals surface area contributed by atoms with Gasteiger partial charge in [0.05, 0.1) is 5.69 Å². The first-order chi connectivity index (χ1) is 7.63. The van der Waals surface area contributed by atoms with E-state index in [1.165, 1.54) is 11.9 Å². The predicted molar refractivity (Wildman–Crippen MR) is 61.2 cm³/mol. The molecule has 0 saturated carbocycles. The molecule has 84 valence electrons. The zero-order valence-corrected chi connectivity index (χ0v) is 9.52. The highest BCUT2D eigenvalue weighted by atomic mass is 15.3. The molecule has 0 saturated heterocycles. The Balaban J connectivity index is 2.54. The minimum atomic E-state index is 0.565. The molecule has 0 aromatic carbocycles. The molecule has 16 heavy (non-hydrogen) atoms. The second kappa shape index (κ2) is 3.90. The highest BCUT2D eigenvalue weighted by Gasteiger charge is 2.10. The van der Waals surface area contributed by atoms with Crippen LogP contribution in [0, 0.1) is 20.8 Å². The van der Waals surface area contributed by atoms with Crippen molar-refractivity contribution in [3.63, 3.8) is 0 Å². The minimum Gasteiger partial charge on any atom is -0.308 e. The van der Waals surface area contributed by atoms with Gasteiger partial charge < -0.3 is 5.43 Å². The number of aryl methyl sites for hydroxylation is 1. The third-order valence-corrected chi connectivity index (χ3v) is 2.67. The molecule has 0 aliphatic carbocycles.